The molecular weight excluding hydrogens is 136 g/mol. The first-order valence-corrected chi connectivity index (χ1v) is 2.77. The first kappa shape index (κ1) is 11.5. The highest BCUT2D eigenvalue weighted by Crippen LogP contribution is 1.70. The van der Waals surface area contributed by atoms with Crippen LogP contribution in [0.3, 0.4) is 0 Å². The van der Waals surface area contributed by atoms with Crippen molar-refractivity contribution in [3.63, 3.8) is 0 Å². The van der Waals surface area contributed by atoms with Crippen LogP contribution in [0.25, 0.3) is 0 Å². The molecule has 0 aliphatic rings. The van der Waals surface area contributed by atoms with Crippen molar-refractivity contribution in [2.24, 2.45) is 0 Å². The summed E-state index contributed by atoms with van der Waals surface area (Å²) in [5.74, 6) is -2.51. The van der Waals surface area contributed by atoms with Crippen molar-refractivity contribution < 1.29 is 19.8 Å². The van der Waals surface area contributed by atoms with E-state index in [2.05, 4.69) is 0 Å². The average molecular weight is 146 g/mol. The van der Waals surface area contributed by atoms with Gasteiger partial charge in [-0.1, -0.05) is 13.8 Å². The minimum Gasteiger partial charge on any atom is -0.478 e. The third-order valence-electron chi connectivity index (χ3n) is 0.368. The van der Waals surface area contributed by atoms with Gasteiger partial charge in [0.15, 0.2) is 0 Å². The molecule has 0 aromatic carbocycles. The fraction of sp³-hybridized carbons (Fsp3) is 0.333. The third-order valence-corrected chi connectivity index (χ3v) is 0.368. The molecule has 0 aromatic rings. The zero-order chi connectivity index (χ0) is 8.57. The van der Waals surface area contributed by atoms with Crippen LogP contribution in [0.1, 0.15) is 13.8 Å². The second-order valence-electron chi connectivity index (χ2n) is 1.01. The lowest BCUT2D eigenvalue weighted by Crippen LogP contribution is -1.91. The molecule has 0 spiro atoms. The molecule has 0 aromatic heterocycles. The maximum absolute atomic E-state index is 9.55. The topological polar surface area (TPSA) is 74.6 Å². The molecule has 0 rings (SSSR count). The van der Waals surface area contributed by atoms with Gasteiger partial charge in [0.2, 0.25) is 0 Å². The molecule has 0 amide bonds. The smallest absolute Gasteiger partial charge is 0.328 e. The highest BCUT2D eigenvalue weighted by Gasteiger charge is 1.88. The summed E-state index contributed by atoms with van der Waals surface area (Å²) >= 11 is 0. The van der Waals surface area contributed by atoms with Gasteiger partial charge in [0.05, 0.1) is 0 Å². The molecule has 0 radical (unpaired) electrons. The van der Waals surface area contributed by atoms with Crippen LogP contribution in [0.5, 0.6) is 0 Å². The lowest BCUT2D eigenvalue weighted by molar-refractivity contribution is -0.134. The molecule has 0 aliphatic carbocycles. The van der Waals surface area contributed by atoms with Crippen LogP contribution < -0.4 is 0 Å². The second-order valence-corrected chi connectivity index (χ2v) is 1.01. The van der Waals surface area contributed by atoms with Crippen LogP contribution in [0, 0.1) is 0 Å². The van der Waals surface area contributed by atoms with E-state index in [4.69, 9.17) is 10.2 Å². The maximum Gasteiger partial charge on any atom is 0.328 e. The number of carboxylic acids is 2. The van der Waals surface area contributed by atoms with Gasteiger partial charge in [-0.2, -0.15) is 0 Å². The lowest BCUT2D eigenvalue weighted by atomic mass is 10.5. The minimum absolute atomic E-state index is 0.558. The summed E-state index contributed by atoms with van der Waals surface area (Å²) < 4.78 is 0. The highest BCUT2D eigenvalue weighted by molar-refractivity contribution is 5.89. The van der Waals surface area contributed by atoms with Gasteiger partial charge in [0.1, 0.15) is 0 Å². The quantitative estimate of drug-likeness (QED) is 0.563. The molecule has 0 aliphatic heterocycles. The van der Waals surface area contributed by atoms with E-state index in [1.54, 1.807) is 0 Å². The van der Waals surface area contributed by atoms with Crippen molar-refractivity contribution >= 4 is 11.9 Å². The Morgan fingerprint density at radius 1 is 1.00 bits per heavy atom. The molecule has 4 nitrogen and oxygen atoms in total. The minimum atomic E-state index is -1.26. The number of hydrogen-bond donors (Lipinski definition) is 2. The Morgan fingerprint density at radius 3 is 1.30 bits per heavy atom. The van der Waals surface area contributed by atoms with Crippen LogP contribution >= 0.6 is 0 Å². The molecule has 2 N–H and O–H groups in total. The van der Waals surface area contributed by atoms with Gasteiger partial charge >= 0.3 is 11.9 Å². The Bertz CT molecular complexity index is 121. The number of rotatable bonds is 2. The monoisotopic (exact) mass is 146 g/mol. The number of aliphatic carboxylic acids is 2. The van der Waals surface area contributed by atoms with Crippen molar-refractivity contribution in [1.82, 2.24) is 0 Å². The molecule has 0 heterocycles. The van der Waals surface area contributed by atoms with Gasteiger partial charge in [-0.05, 0) is 0 Å². The Hall–Kier alpha value is -1.32. The molecular formula is C6H10O4. The predicted octanol–water partition coefficient (Wildman–Crippen LogP) is 0.738. The fourth-order valence-electron chi connectivity index (χ4n) is 0.143. The van der Waals surface area contributed by atoms with Crippen molar-refractivity contribution in [2.45, 2.75) is 13.8 Å². The van der Waals surface area contributed by atoms with Gasteiger partial charge in [-0.25, -0.2) is 9.59 Å². The van der Waals surface area contributed by atoms with Crippen LogP contribution in [0.4, 0.5) is 0 Å². The second kappa shape index (κ2) is 7.68. The Morgan fingerprint density at radius 2 is 1.20 bits per heavy atom. The average Bonchev–Trinajstić information content (AvgIpc) is 1.89. The van der Waals surface area contributed by atoms with E-state index in [0.29, 0.717) is 12.2 Å². The normalized spacial score (nSPS) is 8.20. The maximum atomic E-state index is 9.55. The summed E-state index contributed by atoms with van der Waals surface area (Å²) in [5.41, 5.74) is 0. The van der Waals surface area contributed by atoms with Crippen molar-refractivity contribution in [1.29, 1.82) is 0 Å². The molecule has 0 saturated carbocycles. The fourth-order valence-corrected chi connectivity index (χ4v) is 0.143. The van der Waals surface area contributed by atoms with Crippen LogP contribution in [-0.4, -0.2) is 22.2 Å². The summed E-state index contributed by atoms with van der Waals surface area (Å²) in [6.07, 6.45) is 1.12. The first-order valence-electron chi connectivity index (χ1n) is 2.77. The first-order chi connectivity index (χ1) is 4.63. The standard InChI is InChI=1S/C4H4O4.C2H6/c5-3(6)1-2-4(7)8;1-2/h1-2H,(H,5,6)(H,7,8);1-2H3. The zero-order valence-electron chi connectivity index (χ0n) is 5.87. The molecule has 4 heteroatoms. The van der Waals surface area contributed by atoms with Crippen molar-refractivity contribution in [3.05, 3.63) is 12.2 Å². The van der Waals surface area contributed by atoms with E-state index < -0.39 is 11.9 Å². The van der Waals surface area contributed by atoms with E-state index in [0.717, 1.165) is 0 Å². The van der Waals surface area contributed by atoms with Gasteiger partial charge in [-0.3, -0.25) is 0 Å². The zero-order valence-corrected chi connectivity index (χ0v) is 5.87. The van der Waals surface area contributed by atoms with Gasteiger partial charge in [-0.15, -0.1) is 0 Å². The Kier molecular flexibility index (Phi) is 8.81. The van der Waals surface area contributed by atoms with Crippen molar-refractivity contribution in [3.8, 4) is 0 Å². The molecule has 0 unspecified atom stereocenters. The summed E-state index contributed by atoms with van der Waals surface area (Å²) in [5, 5.41) is 15.6. The van der Waals surface area contributed by atoms with E-state index >= 15 is 0 Å². The third kappa shape index (κ3) is 15.9. The van der Waals surface area contributed by atoms with Crippen LogP contribution in [0.15, 0.2) is 12.2 Å². The summed E-state index contributed by atoms with van der Waals surface area (Å²) in [6.45, 7) is 4.00. The van der Waals surface area contributed by atoms with Gasteiger partial charge < -0.3 is 10.2 Å². The Balaban J connectivity index is 0. The predicted molar refractivity (Wildman–Crippen MR) is 35.8 cm³/mol. The largest absolute Gasteiger partial charge is 0.478 e. The van der Waals surface area contributed by atoms with Crippen LogP contribution in [-0.2, 0) is 9.59 Å². The van der Waals surface area contributed by atoms with E-state index in [1.807, 2.05) is 13.8 Å². The Labute approximate surface area is 58.8 Å². The van der Waals surface area contributed by atoms with Gasteiger partial charge in [0, 0.05) is 12.2 Å². The SMILES string of the molecule is CC.O=C(O)C=CC(=O)O. The molecule has 0 bridgehead atoms. The van der Waals surface area contributed by atoms with Crippen molar-refractivity contribution in [2.75, 3.05) is 0 Å². The summed E-state index contributed by atoms with van der Waals surface area (Å²) in [4.78, 5) is 19.1. The molecule has 0 saturated heterocycles. The molecule has 10 heavy (non-hydrogen) atoms. The van der Waals surface area contributed by atoms with Crippen LogP contribution in [0.2, 0.25) is 0 Å². The molecule has 58 valence electrons. The summed E-state index contributed by atoms with van der Waals surface area (Å²) in [7, 11) is 0. The van der Waals surface area contributed by atoms with E-state index in [1.165, 1.54) is 0 Å². The molecule has 0 fully saturated rings. The number of hydrogen-bond acceptors (Lipinski definition) is 2. The number of carbonyl (C=O) groups is 2. The highest BCUT2D eigenvalue weighted by atomic mass is 16.4. The van der Waals surface area contributed by atoms with Gasteiger partial charge in [0.25, 0.3) is 0 Å². The van der Waals surface area contributed by atoms with E-state index in [-0.39, 0.29) is 0 Å². The lowest BCUT2D eigenvalue weighted by Gasteiger charge is -1.74. The van der Waals surface area contributed by atoms with E-state index in [9.17, 15) is 9.59 Å². The summed E-state index contributed by atoms with van der Waals surface area (Å²) in [6, 6.07) is 0. The molecule has 0 atom stereocenters. The number of carboxylic acid groups (broad SMARTS) is 2.